The molecule has 0 radical (unpaired) electrons. The normalized spacial score (nSPS) is 13.5. The first-order valence-corrected chi connectivity index (χ1v) is 14.1. The molecule has 0 aliphatic carbocycles. The highest BCUT2D eigenvalue weighted by molar-refractivity contribution is 5.93. The zero-order valence-corrected chi connectivity index (χ0v) is 25.2. The average molecular weight is 557 g/mol. The van der Waals surface area contributed by atoms with Gasteiger partial charge in [-0.05, 0) is 70.9 Å². The highest BCUT2D eigenvalue weighted by Gasteiger charge is 2.39. The van der Waals surface area contributed by atoms with E-state index in [1.807, 2.05) is 13.8 Å². The van der Waals surface area contributed by atoms with Crippen LogP contribution in [-0.4, -0.2) is 52.9 Å². The number of unbranched alkanes of at least 4 members (excludes halogenated alkanes) is 1. The van der Waals surface area contributed by atoms with Gasteiger partial charge in [0, 0.05) is 24.6 Å². The number of nitrogens with zero attached hydrogens (tertiary/aromatic N) is 1. The molecule has 0 spiro atoms. The molecule has 9 nitrogen and oxygen atoms in total. The molecule has 9 heteroatoms. The number of benzene rings is 1. The molecule has 0 saturated carbocycles. The number of amides is 4. The van der Waals surface area contributed by atoms with Crippen molar-refractivity contribution in [3.05, 3.63) is 35.4 Å². The molecule has 0 aliphatic heterocycles. The second kappa shape index (κ2) is 16.5. The minimum absolute atomic E-state index is 0.0538. The molecular weight excluding hydrogens is 508 g/mol. The Bertz CT molecular complexity index is 1040. The molecule has 0 fully saturated rings. The second-order valence-corrected chi connectivity index (χ2v) is 11.5. The van der Waals surface area contributed by atoms with Gasteiger partial charge >= 0.3 is 6.09 Å². The van der Waals surface area contributed by atoms with Gasteiger partial charge in [-0.1, -0.05) is 51.3 Å². The summed E-state index contributed by atoms with van der Waals surface area (Å²) in [5, 5.41) is 5.58. The van der Waals surface area contributed by atoms with Crippen molar-refractivity contribution in [2.24, 2.45) is 11.7 Å². The van der Waals surface area contributed by atoms with Gasteiger partial charge in [0.05, 0.1) is 0 Å². The number of ether oxygens (including phenoxy) is 1. The van der Waals surface area contributed by atoms with Crippen molar-refractivity contribution in [2.75, 3.05) is 6.54 Å². The van der Waals surface area contributed by atoms with Crippen LogP contribution < -0.4 is 16.4 Å². The van der Waals surface area contributed by atoms with Crippen LogP contribution in [0.4, 0.5) is 4.79 Å². The molecule has 3 unspecified atom stereocenters. The number of terminal acetylenes is 1. The number of carbonyl (C=O) groups is 4. The molecule has 222 valence electrons. The quantitative estimate of drug-likeness (QED) is 0.217. The van der Waals surface area contributed by atoms with Crippen LogP contribution in [0.25, 0.3) is 0 Å². The Hall–Kier alpha value is -3.54. The molecule has 40 heavy (non-hydrogen) atoms. The lowest BCUT2D eigenvalue weighted by atomic mass is 9.94. The van der Waals surface area contributed by atoms with Crippen LogP contribution in [0.5, 0.6) is 0 Å². The van der Waals surface area contributed by atoms with Crippen LogP contribution in [0.2, 0.25) is 0 Å². The van der Waals surface area contributed by atoms with E-state index in [1.54, 1.807) is 45.0 Å². The molecule has 4 N–H and O–H groups in total. The van der Waals surface area contributed by atoms with Crippen LogP contribution in [0.1, 0.15) is 104 Å². The van der Waals surface area contributed by atoms with Gasteiger partial charge in [0.1, 0.15) is 17.7 Å². The SMILES string of the molecule is C#Cc1ccccc1C(C(=O)NCCCC)N(C(=O)C(CCC(N)=O)NC(=O)OC(C)(C)C)C(C)CCC(C)C. The Labute approximate surface area is 240 Å². The smallest absolute Gasteiger partial charge is 0.408 e. The van der Waals surface area contributed by atoms with Crippen molar-refractivity contribution >= 4 is 23.8 Å². The molecular formula is C31H48N4O5. The van der Waals surface area contributed by atoms with Gasteiger partial charge in [0.15, 0.2) is 0 Å². The summed E-state index contributed by atoms with van der Waals surface area (Å²) in [5.41, 5.74) is 5.59. The molecule has 0 saturated heterocycles. The van der Waals surface area contributed by atoms with Gasteiger partial charge in [0.25, 0.3) is 0 Å². The highest BCUT2D eigenvalue weighted by Crippen LogP contribution is 2.30. The van der Waals surface area contributed by atoms with Gasteiger partial charge in [0.2, 0.25) is 17.7 Å². The van der Waals surface area contributed by atoms with Gasteiger partial charge in [-0.3, -0.25) is 14.4 Å². The third kappa shape index (κ3) is 11.7. The Balaban J connectivity index is 3.69. The average Bonchev–Trinajstić information content (AvgIpc) is 2.86. The number of primary amides is 1. The Morgan fingerprint density at radius 3 is 2.27 bits per heavy atom. The van der Waals surface area contributed by atoms with Crippen LogP contribution in [-0.2, 0) is 19.1 Å². The summed E-state index contributed by atoms with van der Waals surface area (Å²) in [6.45, 7) is 13.6. The largest absolute Gasteiger partial charge is 0.444 e. The first-order valence-electron chi connectivity index (χ1n) is 14.1. The number of hydrogen-bond acceptors (Lipinski definition) is 5. The molecule has 1 aromatic rings. The fraction of sp³-hybridized carbons (Fsp3) is 0.613. The number of hydrogen-bond donors (Lipinski definition) is 3. The third-order valence-electron chi connectivity index (χ3n) is 6.33. The van der Waals surface area contributed by atoms with Crippen molar-refractivity contribution in [1.82, 2.24) is 15.5 Å². The molecule has 0 heterocycles. The van der Waals surface area contributed by atoms with Crippen LogP contribution in [0, 0.1) is 18.3 Å². The lowest BCUT2D eigenvalue weighted by molar-refractivity contribution is -0.145. The van der Waals surface area contributed by atoms with Crippen LogP contribution in [0.3, 0.4) is 0 Å². The zero-order chi connectivity index (χ0) is 30.5. The van der Waals surface area contributed by atoms with Crippen molar-refractivity contribution in [3.63, 3.8) is 0 Å². The first kappa shape index (κ1) is 34.5. The van der Waals surface area contributed by atoms with Crippen molar-refractivity contribution in [2.45, 2.75) is 111 Å². The number of rotatable bonds is 15. The maximum Gasteiger partial charge on any atom is 0.408 e. The minimum Gasteiger partial charge on any atom is -0.444 e. The predicted molar refractivity (Wildman–Crippen MR) is 157 cm³/mol. The van der Waals surface area contributed by atoms with E-state index in [-0.39, 0.29) is 18.7 Å². The van der Waals surface area contributed by atoms with Gasteiger partial charge in [-0.25, -0.2) is 4.79 Å². The van der Waals surface area contributed by atoms with E-state index in [9.17, 15) is 19.2 Å². The first-order chi connectivity index (χ1) is 18.7. The van der Waals surface area contributed by atoms with Crippen molar-refractivity contribution < 1.29 is 23.9 Å². The lowest BCUT2D eigenvalue weighted by Crippen LogP contribution is -2.56. The Morgan fingerprint density at radius 2 is 1.73 bits per heavy atom. The van der Waals surface area contributed by atoms with Crippen LogP contribution >= 0.6 is 0 Å². The second-order valence-electron chi connectivity index (χ2n) is 11.5. The van der Waals surface area contributed by atoms with E-state index in [0.717, 1.165) is 19.3 Å². The fourth-order valence-electron chi connectivity index (χ4n) is 4.26. The van der Waals surface area contributed by atoms with E-state index >= 15 is 0 Å². The minimum atomic E-state index is -1.16. The number of nitrogens with two attached hydrogens (primary N) is 1. The summed E-state index contributed by atoms with van der Waals surface area (Å²) in [5.74, 6) is 1.49. The van der Waals surface area contributed by atoms with E-state index in [2.05, 4.69) is 30.4 Å². The summed E-state index contributed by atoms with van der Waals surface area (Å²) < 4.78 is 5.40. The fourth-order valence-corrected chi connectivity index (χ4v) is 4.26. The third-order valence-corrected chi connectivity index (χ3v) is 6.33. The molecule has 0 aliphatic rings. The summed E-state index contributed by atoms with van der Waals surface area (Å²) in [6.07, 6.45) is 7.88. The highest BCUT2D eigenvalue weighted by atomic mass is 16.6. The molecule has 1 aromatic carbocycles. The maximum atomic E-state index is 14.4. The number of nitrogens with one attached hydrogen (secondary N) is 2. The molecule has 0 bridgehead atoms. The maximum absolute atomic E-state index is 14.4. The standard InChI is InChI=1S/C31H48N4O5/c1-9-11-20-33-28(37)27(24-15-13-12-14-23(24)10-2)35(22(5)17-16-21(3)4)29(38)25(18-19-26(32)36)34-30(39)40-31(6,7)8/h2,12-15,21-22,25,27H,9,11,16-20H2,1,3-8H3,(H2,32,36)(H,33,37)(H,34,39). The molecule has 0 aromatic heterocycles. The Morgan fingerprint density at radius 1 is 1.07 bits per heavy atom. The number of carbonyl (C=O) groups excluding carboxylic acids is 4. The summed E-state index contributed by atoms with van der Waals surface area (Å²) in [6, 6.07) is 4.40. The zero-order valence-electron chi connectivity index (χ0n) is 25.2. The Kier molecular flexibility index (Phi) is 14.3. The van der Waals surface area contributed by atoms with Crippen LogP contribution in [0.15, 0.2) is 24.3 Å². The summed E-state index contributed by atoms with van der Waals surface area (Å²) >= 11 is 0. The lowest BCUT2D eigenvalue weighted by Gasteiger charge is -2.39. The molecule has 4 amide bonds. The van der Waals surface area contributed by atoms with E-state index < -0.39 is 41.6 Å². The monoisotopic (exact) mass is 556 g/mol. The van der Waals surface area contributed by atoms with Gasteiger partial charge in [-0.2, -0.15) is 0 Å². The van der Waals surface area contributed by atoms with Crippen molar-refractivity contribution in [1.29, 1.82) is 0 Å². The molecule has 3 atom stereocenters. The predicted octanol–water partition coefficient (Wildman–Crippen LogP) is 4.44. The van der Waals surface area contributed by atoms with Gasteiger partial charge in [-0.15, -0.1) is 6.42 Å². The summed E-state index contributed by atoms with van der Waals surface area (Å²) in [4.78, 5) is 54.1. The van der Waals surface area contributed by atoms with E-state index in [4.69, 9.17) is 16.9 Å². The number of alkyl carbamates (subject to hydrolysis) is 1. The van der Waals surface area contributed by atoms with E-state index in [1.165, 1.54) is 4.90 Å². The van der Waals surface area contributed by atoms with E-state index in [0.29, 0.717) is 30.0 Å². The molecule has 1 rings (SSSR count). The van der Waals surface area contributed by atoms with Crippen molar-refractivity contribution in [3.8, 4) is 12.3 Å². The van der Waals surface area contributed by atoms with Gasteiger partial charge < -0.3 is 26.0 Å². The topological polar surface area (TPSA) is 131 Å². The summed E-state index contributed by atoms with van der Waals surface area (Å²) in [7, 11) is 0.